The summed E-state index contributed by atoms with van der Waals surface area (Å²) in [5.41, 5.74) is 2.49. The van der Waals surface area contributed by atoms with E-state index in [-0.39, 0.29) is 18.3 Å². The Morgan fingerprint density at radius 3 is 2.71 bits per heavy atom. The van der Waals surface area contributed by atoms with E-state index in [0.717, 1.165) is 15.8 Å². The van der Waals surface area contributed by atoms with Gasteiger partial charge < -0.3 is 14.5 Å². The van der Waals surface area contributed by atoms with Gasteiger partial charge in [-0.15, -0.1) is 0 Å². The number of benzene rings is 2. The molecule has 1 heterocycles. The zero-order chi connectivity index (χ0) is 16.9. The lowest BCUT2D eigenvalue weighted by atomic mass is 10.2. The molecule has 0 unspecified atom stereocenters. The number of furan rings is 1. The van der Waals surface area contributed by atoms with Crippen molar-refractivity contribution in [2.75, 3.05) is 5.32 Å². The van der Waals surface area contributed by atoms with Crippen LogP contribution < -0.4 is 10.1 Å². The minimum Gasteiger partial charge on any atom is -0.489 e. The van der Waals surface area contributed by atoms with Crippen molar-refractivity contribution < 1.29 is 13.9 Å². The quantitative estimate of drug-likeness (QED) is 0.657. The van der Waals surface area contributed by atoms with Crippen LogP contribution in [0.15, 0.2) is 69.8 Å². The van der Waals surface area contributed by atoms with E-state index >= 15 is 0 Å². The predicted molar refractivity (Wildman–Crippen MR) is 96.3 cm³/mol. The Labute approximate surface area is 148 Å². The highest BCUT2D eigenvalue weighted by atomic mass is 79.9. The maximum absolute atomic E-state index is 12.4. The molecule has 0 radical (unpaired) electrons. The third kappa shape index (κ3) is 3.86. The summed E-state index contributed by atoms with van der Waals surface area (Å²) < 4.78 is 12.0. The van der Waals surface area contributed by atoms with Crippen LogP contribution in [0.5, 0.6) is 5.75 Å². The van der Waals surface area contributed by atoms with Crippen molar-refractivity contribution in [3.8, 4) is 5.75 Å². The Balaban J connectivity index is 1.69. The fourth-order valence-corrected chi connectivity index (χ4v) is 2.56. The van der Waals surface area contributed by atoms with E-state index < -0.39 is 0 Å². The first-order valence-corrected chi connectivity index (χ1v) is 8.24. The van der Waals surface area contributed by atoms with Crippen molar-refractivity contribution in [2.45, 2.75) is 13.5 Å². The molecular weight excluding hydrogens is 370 g/mol. The molecule has 0 saturated heterocycles. The molecule has 0 spiro atoms. The SMILES string of the molecule is Cc1ccc(NC(=O)c2occc2COc2ccccc2)cc1Br. The van der Waals surface area contributed by atoms with Crippen LogP contribution in [0.2, 0.25) is 0 Å². The summed E-state index contributed by atoms with van der Waals surface area (Å²) in [6.45, 7) is 2.25. The summed E-state index contributed by atoms with van der Waals surface area (Å²) in [4.78, 5) is 12.4. The number of carbonyl (C=O) groups is 1. The molecule has 3 rings (SSSR count). The summed E-state index contributed by atoms with van der Waals surface area (Å²) in [7, 11) is 0. The minimum atomic E-state index is -0.303. The first-order valence-electron chi connectivity index (χ1n) is 7.45. The van der Waals surface area contributed by atoms with E-state index in [9.17, 15) is 4.79 Å². The van der Waals surface area contributed by atoms with E-state index in [1.807, 2.05) is 55.5 Å². The van der Waals surface area contributed by atoms with Gasteiger partial charge in [0.25, 0.3) is 5.91 Å². The predicted octanol–water partition coefficient (Wildman–Crippen LogP) is 5.18. The molecule has 0 saturated carbocycles. The fraction of sp³-hybridized carbons (Fsp3) is 0.105. The molecule has 0 bridgehead atoms. The molecule has 0 aliphatic heterocycles. The monoisotopic (exact) mass is 385 g/mol. The van der Waals surface area contributed by atoms with Crippen LogP contribution in [0.1, 0.15) is 21.7 Å². The topological polar surface area (TPSA) is 51.5 Å². The Morgan fingerprint density at radius 1 is 1.17 bits per heavy atom. The number of hydrogen-bond donors (Lipinski definition) is 1. The molecule has 4 nitrogen and oxygen atoms in total. The summed E-state index contributed by atoms with van der Waals surface area (Å²) in [6, 6.07) is 16.8. The van der Waals surface area contributed by atoms with Crippen LogP contribution in [0.3, 0.4) is 0 Å². The Hall–Kier alpha value is -2.53. The molecule has 0 aliphatic carbocycles. The van der Waals surface area contributed by atoms with Gasteiger partial charge in [0.2, 0.25) is 0 Å². The van der Waals surface area contributed by atoms with E-state index in [4.69, 9.17) is 9.15 Å². The van der Waals surface area contributed by atoms with Gasteiger partial charge in [0, 0.05) is 15.7 Å². The number of halogens is 1. The fourth-order valence-electron chi connectivity index (χ4n) is 2.18. The third-order valence-corrected chi connectivity index (χ3v) is 4.37. The molecule has 0 atom stereocenters. The van der Waals surface area contributed by atoms with Crippen LogP contribution in [-0.2, 0) is 6.61 Å². The summed E-state index contributed by atoms with van der Waals surface area (Å²) in [5, 5.41) is 2.83. The van der Waals surface area contributed by atoms with Gasteiger partial charge in [-0.2, -0.15) is 0 Å². The highest BCUT2D eigenvalue weighted by molar-refractivity contribution is 9.10. The highest BCUT2D eigenvalue weighted by Crippen LogP contribution is 2.22. The zero-order valence-corrected chi connectivity index (χ0v) is 14.7. The van der Waals surface area contributed by atoms with Crippen LogP contribution in [0.25, 0.3) is 0 Å². The first-order chi connectivity index (χ1) is 11.6. The van der Waals surface area contributed by atoms with Gasteiger partial charge in [-0.3, -0.25) is 4.79 Å². The number of amides is 1. The van der Waals surface area contributed by atoms with E-state index in [1.165, 1.54) is 6.26 Å². The van der Waals surface area contributed by atoms with Gasteiger partial charge in [0.15, 0.2) is 5.76 Å². The number of anilines is 1. The van der Waals surface area contributed by atoms with Crippen molar-refractivity contribution in [1.29, 1.82) is 0 Å². The molecular formula is C19H16BrNO3. The number of ether oxygens (including phenoxy) is 1. The smallest absolute Gasteiger partial charge is 0.291 e. The summed E-state index contributed by atoms with van der Waals surface area (Å²) >= 11 is 3.46. The lowest BCUT2D eigenvalue weighted by Crippen LogP contribution is -2.13. The molecule has 0 aliphatic rings. The second-order valence-corrected chi connectivity index (χ2v) is 6.15. The lowest BCUT2D eigenvalue weighted by Gasteiger charge is -2.08. The van der Waals surface area contributed by atoms with Crippen molar-refractivity contribution in [2.24, 2.45) is 0 Å². The van der Waals surface area contributed by atoms with Crippen molar-refractivity contribution in [1.82, 2.24) is 0 Å². The Bertz CT molecular complexity index is 843. The molecule has 1 amide bonds. The molecule has 0 fully saturated rings. The van der Waals surface area contributed by atoms with Crippen LogP contribution in [0.4, 0.5) is 5.69 Å². The van der Waals surface area contributed by atoms with E-state index in [2.05, 4.69) is 21.2 Å². The summed E-state index contributed by atoms with van der Waals surface area (Å²) in [5.74, 6) is 0.692. The number of hydrogen-bond acceptors (Lipinski definition) is 3. The van der Waals surface area contributed by atoms with Crippen LogP contribution in [-0.4, -0.2) is 5.91 Å². The Morgan fingerprint density at radius 2 is 1.96 bits per heavy atom. The molecule has 3 aromatic rings. The van der Waals surface area contributed by atoms with Crippen molar-refractivity contribution >= 4 is 27.5 Å². The molecule has 2 aromatic carbocycles. The van der Waals surface area contributed by atoms with Crippen molar-refractivity contribution in [3.63, 3.8) is 0 Å². The zero-order valence-electron chi connectivity index (χ0n) is 13.1. The first kappa shape index (κ1) is 16.3. The van der Waals surface area contributed by atoms with Gasteiger partial charge in [0.05, 0.1) is 6.26 Å². The van der Waals surface area contributed by atoms with Gasteiger partial charge in [-0.1, -0.05) is 40.2 Å². The third-order valence-electron chi connectivity index (χ3n) is 3.52. The average molecular weight is 386 g/mol. The second kappa shape index (κ2) is 7.36. The van der Waals surface area contributed by atoms with Crippen molar-refractivity contribution in [3.05, 3.63) is 82.2 Å². The maximum atomic E-state index is 12.4. The number of carbonyl (C=O) groups excluding carboxylic acids is 1. The van der Waals surface area contributed by atoms with Crippen LogP contribution >= 0.6 is 15.9 Å². The molecule has 24 heavy (non-hydrogen) atoms. The Kier molecular flexibility index (Phi) is 5.01. The van der Waals surface area contributed by atoms with Gasteiger partial charge in [-0.05, 0) is 42.8 Å². The minimum absolute atomic E-state index is 0.252. The lowest BCUT2D eigenvalue weighted by molar-refractivity contribution is 0.0993. The molecule has 1 N–H and O–H groups in total. The van der Waals surface area contributed by atoms with E-state index in [0.29, 0.717) is 11.3 Å². The number of aryl methyl sites for hydroxylation is 1. The summed E-state index contributed by atoms with van der Waals surface area (Å²) in [6.07, 6.45) is 1.49. The van der Waals surface area contributed by atoms with Crippen LogP contribution in [0, 0.1) is 6.92 Å². The molecule has 5 heteroatoms. The largest absolute Gasteiger partial charge is 0.489 e. The van der Waals surface area contributed by atoms with Gasteiger partial charge in [0.1, 0.15) is 12.4 Å². The number of nitrogens with one attached hydrogen (secondary N) is 1. The van der Waals surface area contributed by atoms with E-state index in [1.54, 1.807) is 6.07 Å². The molecule has 1 aromatic heterocycles. The maximum Gasteiger partial charge on any atom is 0.291 e. The number of rotatable bonds is 5. The highest BCUT2D eigenvalue weighted by Gasteiger charge is 2.16. The normalized spacial score (nSPS) is 10.4. The second-order valence-electron chi connectivity index (χ2n) is 5.29. The average Bonchev–Trinajstić information content (AvgIpc) is 3.06. The standard InChI is InChI=1S/C19H16BrNO3/c1-13-7-8-15(11-17(13)20)21-19(22)18-14(9-10-23-18)12-24-16-5-3-2-4-6-16/h2-11H,12H2,1H3,(H,21,22). The van der Waals surface area contributed by atoms with Gasteiger partial charge in [-0.25, -0.2) is 0 Å². The number of para-hydroxylation sites is 1. The van der Waals surface area contributed by atoms with Gasteiger partial charge >= 0.3 is 0 Å². The molecule has 122 valence electrons.